The van der Waals surface area contributed by atoms with Gasteiger partial charge in [0.2, 0.25) is 0 Å². The average Bonchev–Trinajstić information content (AvgIpc) is 2.20. The molecule has 0 bridgehead atoms. The van der Waals surface area contributed by atoms with Crippen LogP contribution >= 0.6 is 11.8 Å². The van der Waals surface area contributed by atoms with E-state index in [1.807, 2.05) is 11.8 Å². The molecule has 0 aliphatic heterocycles. The molecule has 0 amide bonds. The van der Waals surface area contributed by atoms with Crippen LogP contribution in [0.1, 0.15) is 48.5 Å². The molecular formula is C13H21S. The molecule has 1 heteroatoms. The summed E-state index contributed by atoms with van der Waals surface area (Å²) in [6.45, 7) is 15.7. The fourth-order valence-electron chi connectivity index (χ4n) is 1.64. The fraction of sp³-hybridized carbons (Fsp3) is 0.615. The van der Waals surface area contributed by atoms with Crippen LogP contribution < -0.4 is 0 Å². The van der Waals surface area contributed by atoms with E-state index in [1.165, 1.54) is 28.9 Å². The van der Waals surface area contributed by atoms with Gasteiger partial charge in [-0.05, 0) is 23.7 Å². The minimum absolute atomic E-state index is 0.308. The van der Waals surface area contributed by atoms with E-state index in [9.17, 15) is 0 Å². The van der Waals surface area contributed by atoms with Gasteiger partial charge in [-0.15, -0.1) is 11.8 Å². The van der Waals surface area contributed by atoms with Gasteiger partial charge in [0.25, 0.3) is 0 Å². The Kier molecular flexibility index (Phi) is 3.62. The molecule has 0 aromatic carbocycles. The molecule has 0 aromatic rings. The smallest absolute Gasteiger partial charge is 0.0453 e. The summed E-state index contributed by atoms with van der Waals surface area (Å²) in [4.78, 5) is 0. The summed E-state index contributed by atoms with van der Waals surface area (Å²) in [5.74, 6) is 5.88. The molecular weight excluding hydrogens is 188 g/mol. The monoisotopic (exact) mass is 209 g/mol. The number of rotatable bonds is 1. The van der Waals surface area contributed by atoms with Crippen LogP contribution in [0.15, 0.2) is 0 Å². The molecule has 79 valence electrons. The first-order valence-electron chi connectivity index (χ1n) is 5.16. The lowest BCUT2D eigenvalue weighted by molar-refractivity contribution is 0.801. The van der Waals surface area contributed by atoms with Crippen molar-refractivity contribution in [3.05, 3.63) is 28.9 Å². The summed E-state index contributed by atoms with van der Waals surface area (Å²) < 4.78 is 0.308. The zero-order chi connectivity index (χ0) is 11.1. The van der Waals surface area contributed by atoms with E-state index < -0.39 is 0 Å². The Morgan fingerprint density at radius 2 is 1.07 bits per heavy atom. The highest BCUT2D eigenvalue weighted by molar-refractivity contribution is 8.03. The SMILES string of the molecule is C[C]1[C](C)[C](C)[C](SC(C)(C)C)[C]1C. The Bertz CT molecular complexity index is 178. The van der Waals surface area contributed by atoms with Crippen molar-refractivity contribution in [1.82, 2.24) is 0 Å². The Hall–Kier alpha value is 0.350. The van der Waals surface area contributed by atoms with Gasteiger partial charge < -0.3 is 0 Å². The summed E-state index contributed by atoms with van der Waals surface area (Å²) in [5.41, 5.74) is 0. The molecule has 14 heavy (non-hydrogen) atoms. The molecule has 1 fully saturated rings. The van der Waals surface area contributed by atoms with Gasteiger partial charge in [0, 0.05) is 10.00 Å². The predicted octanol–water partition coefficient (Wildman–Crippen LogP) is 4.44. The van der Waals surface area contributed by atoms with Gasteiger partial charge in [-0.1, -0.05) is 48.5 Å². The molecule has 0 heterocycles. The maximum absolute atomic E-state index is 2.27. The van der Waals surface area contributed by atoms with E-state index in [-0.39, 0.29) is 0 Å². The van der Waals surface area contributed by atoms with Gasteiger partial charge in [-0.2, -0.15) is 0 Å². The highest BCUT2D eigenvalue weighted by Gasteiger charge is 2.45. The quantitative estimate of drug-likeness (QED) is 0.615. The van der Waals surface area contributed by atoms with Gasteiger partial charge in [0.1, 0.15) is 0 Å². The first kappa shape index (κ1) is 12.4. The van der Waals surface area contributed by atoms with Crippen LogP contribution in [0.5, 0.6) is 0 Å². The molecule has 1 aliphatic rings. The molecule has 0 N–H and O–H groups in total. The zero-order valence-corrected chi connectivity index (χ0v) is 11.2. The van der Waals surface area contributed by atoms with Crippen LogP contribution in [0.4, 0.5) is 0 Å². The maximum atomic E-state index is 2.27. The standard InChI is InChI=1S/C13H21S/c1-8-9(2)11(4)12(10(8)3)14-13(5,6)7/h1-7H3. The van der Waals surface area contributed by atoms with Crippen molar-refractivity contribution in [2.75, 3.05) is 0 Å². The first-order valence-corrected chi connectivity index (χ1v) is 5.97. The van der Waals surface area contributed by atoms with Crippen molar-refractivity contribution in [2.45, 2.75) is 53.2 Å². The lowest BCUT2D eigenvalue weighted by atomic mass is 9.92. The van der Waals surface area contributed by atoms with Crippen molar-refractivity contribution in [3.63, 3.8) is 0 Å². The largest absolute Gasteiger partial charge is 0.146 e. The highest BCUT2D eigenvalue weighted by Crippen LogP contribution is 2.59. The topological polar surface area (TPSA) is 0 Å². The lowest BCUT2D eigenvalue weighted by Gasteiger charge is -2.27. The van der Waals surface area contributed by atoms with E-state index in [0.29, 0.717) is 4.75 Å². The summed E-state index contributed by atoms with van der Waals surface area (Å²) >= 11 is 1.99. The Balaban J connectivity index is 2.70. The molecule has 0 atom stereocenters. The van der Waals surface area contributed by atoms with Crippen molar-refractivity contribution in [1.29, 1.82) is 0 Å². The van der Waals surface area contributed by atoms with E-state index in [1.54, 1.807) is 0 Å². The molecule has 5 radical (unpaired) electrons. The maximum Gasteiger partial charge on any atom is 0.0453 e. The van der Waals surface area contributed by atoms with Gasteiger partial charge >= 0.3 is 0 Å². The van der Waals surface area contributed by atoms with Crippen LogP contribution in [0, 0.1) is 28.9 Å². The molecule has 0 spiro atoms. The van der Waals surface area contributed by atoms with Crippen LogP contribution in [0.3, 0.4) is 0 Å². The summed E-state index contributed by atoms with van der Waals surface area (Å²) in [6, 6.07) is 0. The van der Waals surface area contributed by atoms with Crippen molar-refractivity contribution < 1.29 is 0 Å². The molecule has 0 nitrogen and oxygen atoms in total. The second-order valence-electron chi connectivity index (χ2n) is 5.04. The van der Waals surface area contributed by atoms with Crippen LogP contribution in [-0.4, -0.2) is 4.75 Å². The lowest BCUT2D eigenvalue weighted by Crippen LogP contribution is -2.14. The Morgan fingerprint density at radius 3 is 1.36 bits per heavy atom. The third kappa shape index (κ3) is 2.48. The van der Waals surface area contributed by atoms with Crippen LogP contribution in [-0.2, 0) is 0 Å². The van der Waals surface area contributed by atoms with Crippen molar-refractivity contribution in [2.24, 2.45) is 0 Å². The van der Waals surface area contributed by atoms with Gasteiger partial charge in [0.15, 0.2) is 0 Å². The molecule has 1 aliphatic carbocycles. The predicted molar refractivity (Wildman–Crippen MR) is 66.3 cm³/mol. The minimum atomic E-state index is 0.308. The van der Waals surface area contributed by atoms with Gasteiger partial charge in [-0.3, -0.25) is 0 Å². The molecule has 0 saturated heterocycles. The summed E-state index contributed by atoms with van der Waals surface area (Å²) in [7, 11) is 0. The molecule has 0 unspecified atom stereocenters. The van der Waals surface area contributed by atoms with E-state index >= 15 is 0 Å². The first-order chi connectivity index (χ1) is 6.24. The molecule has 1 saturated carbocycles. The summed E-state index contributed by atoms with van der Waals surface area (Å²) in [5, 5.41) is 1.49. The Labute approximate surface area is 94.2 Å². The third-order valence-corrected chi connectivity index (χ3v) is 4.21. The van der Waals surface area contributed by atoms with Crippen molar-refractivity contribution in [3.8, 4) is 0 Å². The normalized spacial score (nSPS) is 25.1. The van der Waals surface area contributed by atoms with Gasteiger partial charge in [-0.25, -0.2) is 0 Å². The van der Waals surface area contributed by atoms with Crippen LogP contribution in [0.2, 0.25) is 0 Å². The number of hydrogen-bond acceptors (Lipinski definition) is 1. The zero-order valence-electron chi connectivity index (χ0n) is 10.4. The molecule has 0 aromatic heterocycles. The average molecular weight is 209 g/mol. The minimum Gasteiger partial charge on any atom is -0.146 e. The van der Waals surface area contributed by atoms with Gasteiger partial charge in [0.05, 0.1) is 0 Å². The number of thioether (sulfide) groups is 1. The summed E-state index contributed by atoms with van der Waals surface area (Å²) in [6.07, 6.45) is 0. The van der Waals surface area contributed by atoms with E-state index in [2.05, 4.69) is 48.5 Å². The second kappa shape index (κ2) is 4.08. The van der Waals surface area contributed by atoms with E-state index in [0.717, 1.165) is 0 Å². The van der Waals surface area contributed by atoms with Crippen molar-refractivity contribution >= 4 is 11.8 Å². The third-order valence-electron chi connectivity index (χ3n) is 2.78. The fourth-order valence-corrected chi connectivity index (χ4v) is 2.87. The van der Waals surface area contributed by atoms with Crippen LogP contribution in [0.25, 0.3) is 0 Å². The van der Waals surface area contributed by atoms with E-state index in [4.69, 9.17) is 0 Å². The molecule has 1 rings (SSSR count). The highest BCUT2D eigenvalue weighted by atomic mass is 32.2. The Morgan fingerprint density at radius 1 is 0.714 bits per heavy atom. The number of hydrogen-bond donors (Lipinski definition) is 0. The second-order valence-corrected chi connectivity index (χ2v) is 6.88.